The zero-order valence-electron chi connectivity index (χ0n) is 13.0. The van der Waals surface area contributed by atoms with Crippen molar-refractivity contribution in [2.24, 2.45) is 0 Å². The molecule has 1 N–H and O–H groups in total. The van der Waals surface area contributed by atoms with Crippen molar-refractivity contribution < 1.29 is 9.53 Å². The Morgan fingerprint density at radius 2 is 1.91 bits per heavy atom. The van der Waals surface area contributed by atoms with Gasteiger partial charge in [0.15, 0.2) is 0 Å². The molecule has 118 valence electrons. The van der Waals surface area contributed by atoms with E-state index in [0.717, 1.165) is 22.2 Å². The van der Waals surface area contributed by atoms with Gasteiger partial charge in [0.25, 0.3) is 5.91 Å². The van der Waals surface area contributed by atoms with Crippen molar-refractivity contribution in [3.05, 3.63) is 64.8 Å². The minimum atomic E-state index is -0.0601. The van der Waals surface area contributed by atoms with Crippen molar-refractivity contribution in [1.82, 2.24) is 9.88 Å². The molecule has 0 bridgehead atoms. The fourth-order valence-corrected chi connectivity index (χ4v) is 2.62. The topological polar surface area (TPSA) is 45.3 Å². The van der Waals surface area contributed by atoms with Crippen LogP contribution < -0.4 is 4.74 Å². The van der Waals surface area contributed by atoms with Crippen molar-refractivity contribution in [3.63, 3.8) is 0 Å². The summed E-state index contributed by atoms with van der Waals surface area (Å²) in [4.78, 5) is 17.4. The molecular weight excluding hydrogens is 312 g/mol. The van der Waals surface area contributed by atoms with Crippen LogP contribution >= 0.6 is 11.6 Å². The second-order valence-electron chi connectivity index (χ2n) is 5.42. The number of carbonyl (C=O) groups is 1. The lowest BCUT2D eigenvalue weighted by atomic mass is 10.2. The van der Waals surface area contributed by atoms with E-state index >= 15 is 0 Å². The van der Waals surface area contributed by atoms with E-state index in [-0.39, 0.29) is 5.91 Å². The van der Waals surface area contributed by atoms with Gasteiger partial charge in [-0.1, -0.05) is 23.7 Å². The molecule has 0 radical (unpaired) electrons. The summed E-state index contributed by atoms with van der Waals surface area (Å²) in [6.45, 7) is 0.523. The monoisotopic (exact) mass is 328 g/mol. The number of rotatable bonds is 4. The Morgan fingerprint density at radius 1 is 1.17 bits per heavy atom. The second-order valence-corrected chi connectivity index (χ2v) is 5.86. The maximum Gasteiger partial charge on any atom is 0.270 e. The first-order valence-electron chi connectivity index (χ1n) is 7.23. The zero-order chi connectivity index (χ0) is 16.4. The summed E-state index contributed by atoms with van der Waals surface area (Å²) >= 11 is 5.88. The van der Waals surface area contributed by atoms with Crippen LogP contribution in [-0.2, 0) is 6.54 Å². The Hall–Kier alpha value is -2.46. The van der Waals surface area contributed by atoms with E-state index in [2.05, 4.69) is 4.98 Å². The number of fused-ring (bicyclic) bond motifs is 1. The highest BCUT2D eigenvalue weighted by atomic mass is 35.5. The molecule has 0 spiro atoms. The minimum absolute atomic E-state index is 0.0601. The summed E-state index contributed by atoms with van der Waals surface area (Å²) in [5.74, 6) is 0.697. The summed E-state index contributed by atoms with van der Waals surface area (Å²) in [5.41, 5.74) is 2.47. The van der Waals surface area contributed by atoms with E-state index < -0.39 is 0 Å². The highest BCUT2D eigenvalue weighted by molar-refractivity contribution is 6.30. The molecule has 5 heteroatoms. The van der Waals surface area contributed by atoms with Crippen LogP contribution in [0.25, 0.3) is 10.9 Å². The van der Waals surface area contributed by atoms with Crippen LogP contribution in [-0.4, -0.2) is 29.9 Å². The molecule has 0 atom stereocenters. The quantitative estimate of drug-likeness (QED) is 0.783. The number of hydrogen-bond donors (Lipinski definition) is 1. The van der Waals surface area contributed by atoms with Crippen LogP contribution in [0.5, 0.6) is 5.75 Å². The van der Waals surface area contributed by atoms with E-state index in [1.165, 1.54) is 0 Å². The number of halogens is 1. The summed E-state index contributed by atoms with van der Waals surface area (Å²) < 4.78 is 5.20. The Morgan fingerprint density at radius 3 is 2.61 bits per heavy atom. The smallest absolute Gasteiger partial charge is 0.270 e. The first-order valence-corrected chi connectivity index (χ1v) is 7.61. The standard InChI is InChI=1S/C18H17ClN2O2/c1-21(11-12-3-6-14(19)7-4-12)18(22)17-9-13-5-8-15(23-2)10-16(13)20-17/h3-10,20H,11H2,1-2H3. The molecule has 1 heterocycles. The molecule has 0 aliphatic heterocycles. The van der Waals surface area contributed by atoms with Gasteiger partial charge in [-0.05, 0) is 35.9 Å². The van der Waals surface area contributed by atoms with Crippen LogP contribution in [0.2, 0.25) is 5.02 Å². The van der Waals surface area contributed by atoms with E-state index in [1.54, 1.807) is 19.1 Å². The fourth-order valence-electron chi connectivity index (χ4n) is 2.49. The molecule has 3 aromatic rings. The number of aromatic nitrogens is 1. The lowest BCUT2D eigenvalue weighted by Crippen LogP contribution is -2.26. The number of H-pyrrole nitrogens is 1. The van der Waals surface area contributed by atoms with Crippen molar-refractivity contribution >= 4 is 28.4 Å². The molecule has 0 saturated heterocycles. The number of benzene rings is 2. The lowest BCUT2D eigenvalue weighted by Gasteiger charge is -2.16. The third-order valence-corrected chi connectivity index (χ3v) is 3.99. The second kappa shape index (κ2) is 6.34. The van der Waals surface area contributed by atoms with Gasteiger partial charge in [0.2, 0.25) is 0 Å². The highest BCUT2D eigenvalue weighted by Gasteiger charge is 2.15. The van der Waals surface area contributed by atoms with Crippen molar-refractivity contribution in [3.8, 4) is 5.75 Å². The number of nitrogens with one attached hydrogen (secondary N) is 1. The Balaban J connectivity index is 1.80. The third-order valence-electron chi connectivity index (χ3n) is 3.74. The average molecular weight is 329 g/mol. The van der Waals surface area contributed by atoms with E-state index in [9.17, 15) is 4.79 Å². The molecule has 1 amide bonds. The van der Waals surface area contributed by atoms with Crippen LogP contribution in [0.15, 0.2) is 48.5 Å². The molecule has 0 aliphatic carbocycles. The van der Waals surface area contributed by atoms with Gasteiger partial charge in [0, 0.05) is 35.6 Å². The molecule has 1 aromatic heterocycles. The molecular formula is C18H17ClN2O2. The molecule has 4 nitrogen and oxygen atoms in total. The van der Waals surface area contributed by atoms with Crippen molar-refractivity contribution in [2.45, 2.75) is 6.54 Å². The Kier molecular flexibility index (Phi) is 4.26. The highest BCUT2D eigenvalue weighted by Crippen LogP contribution is 2.22. The van der Waals surface area contributed by atoms with Gasteiger partial charge in [0.1, 0.15) is 11.4 Å². The molecule has 0 aliphatic rings. The van der Waals surface area contributed by atoms with Crippen LogP contribution in [0, 0.1) is 0 Å². The maximum atomic E-state index is 12.6. The van der Waals surface area contributed by atoms with E-state index in [4.69, 9.17) is 16.3 Å². The predicted octanol–water partition coefficient (Wildman–Crippen LogP) is 4.10. The first kappa shape index (κ1) is 15.4. The minimum Gasteiger partial charge on any atom is -0.497 e. The molecule has 23 heavy (non-hydrogen) atoms. The van der Waals surface area contributed by atoms with Gasteiger partial charge >= 0.3 is 0 Å². The van der Waals surface area contributed by atoms with E-state index in [1.807, 2.05) is 48.5 Å². The van der Waals surface area contributed by atoms with Crippen molar-refractivity contribution in [2.75, 3.05) is 14.2 Å². The Labute approximate surface area is 139 Å². The number of methoxy groups -OCH3 is 1. The molecule has 0 unspecified atom stereocenters. The number of amides is 1. The SMILES string of the molecule is COc1ccc2cc(C(=O)N(C)Cc3ccc(Cl)cc3)[nH]c2c1. The Bertz CT molecular complexity index is 840. The van der Waals surface area contributed by atoms with Crippen LogP contribution in [0.3, 0.4) is 0 Å². The molecule has 2 aromatic carbocycles. The van der Waals surface area contributed by atoms with Crippen molar-refractivity contribution in [1.29, 1.82) is 0 Å². The lowest BCUT2D eigenvalue weighted by molar-refractivity contribution is 0.0780. The summed E-state index contributed by atoms with van der Waals surface area (Å²) in [6, 6.07) is 15.0. The number of ether oxygens (including phenoxy) is 1. The summed E-state index contributed by atoms with van der Waals surface area (Å²) in [7, 11) is 3.40. The van der Waals surface area contributed by atoms with Crippen LogP contribution in [0.1, 0.15) is 16.1 Å². The van der Waals surface area contributed by atoms with E-state index in [0.29, 0.717) is 17.3 Å². The van der Waals surface area contributed by atoms with Gasteiger partial charge in [0.05, 0.1) is 7.11 Å². The van der Waals surface area contributed by atoms with Gasteiger partial charge in [-0.15, -0.1) is 0 Å². The van der Waals surface area contributed by atoms with Crippen LogP contribution in [0.4, 0.5) is 0 Å². The number of aromatic amines is 1. The normalized spacial score (nSPS) is 10.7. The molecule has 3 rings (SSSR count). The van der Waals surface area contributed by atoms with Gasteiger partial charge < -0.3 is 14.6 Å². The summed E-state index contributed by atoms with van der Waals surface area (Å²) in [6.07, 6.45) is 0. The van der Waals surface area contributed by atoms with Gasteiger partial charge in [-0.2, -0.15) is 0 Å². The molecule has 0 fully saturated rings. The first-order chi connectivity index (χ1) is 11.1. The van der Waals surface area contributed by atoms with Gasteiger partial charge in [-0.25, -0.2) is 0 Å². The zero-order valence-corrected chi connectivity index (χ0v) is 13.7. The fraction of sp³-hybridized carbons (Fsp3) is 0.167. The van der Waals surface area contributed by atoms with Gasteiger partial charge in [-0.3, -0.25) is 4.79 Å². The largest absolute Gasteiger partial charge is 0.497 e. The third kappa shape index (κ3) is 3.32. The maximum absolute atomic E-state index is 12.6. The number of nitrogens with zero attached hydrogens (tertiary/aromatic N) is 1. The predicted molar refractivity (Wildman–Crippen MR) is 92.1 cm³/mol. The average Bonchev–Trinajstić information content (AvgIpc) is 2.99. The number of hydrogen-bond acceptors (Lipinski definition) is 2. The molecule has 0 saturated carbocycles. The summed E-state index contributed by atoms with van der Waals surface area (Å²) in [5, 5.41) is 1.67. The number of carbonyl (C=O) groups excluding carboxylic acids is 1.